The zero-order valence-corrected chi connectivity index (χ0v) is 11.0. The van der Waals surface area contributed by atoms with E-state index < -0.39 is 49.5 Å². The summed E-state index contributed by atoms with van der Waals surface area (Å²) in [5, 5.41) is 9.98. The lowest BCUT2D eigenvalue weighted by molar-refractivity contribution is 0.183. The largest absolute Gasteiger partial charge is 0.386 e. The predicted molar refractivity (Wildman–Crippen MR) is 65.7 cm³/mol. The molecule has 1 aliphatic heterocycles. The minimum Gasteiger partial charge on any atom is -0.386 e. The molecule has 0 aromatic heterocycles. The molecule has 3 nitrogen and oxygen atoms in total. The molecule has 1 fully saturated rings. The normalized spacial score (nSPS) is 30.1. The minimum atomic E-state index is -1.65. The first-order valence-electron chi connectivity index (χ1n) is 5.38. The topological polar surface area (TPSA) is 54.4 Å². The summed E-state index contributed by atoms with van der Waals surface area (Å²) in [5.74, 6) is -1.24. The third-order valence-electron chi connectivity index (χ3n) is 2.76. The monoisotopic (exact) mass is 294 g/mol. The Morgan fingerprint density at radius 3 is 2.17 bits per heavy atom. The molecule has 1 heterocycles. The average molecular weight is 294 g/mol. The number of benzene rings is 1. The second-order valence-corrected chi connectivity index (χ2v) is 7.63. The van der Waals surface area contributed by atoms with E-state index in [4.69, 9.17) is 0 Å². The Hall–Kier alpha value is -0.660. The van der Waals surface area contributed by atoms with Crippen LogP contribution in [0.4, 0.5) is 8.78 Å². The summed E-state index contributed by atoms with van der Waals surface area (Å²) < 4.78 is 49.4. The SMILES string of the molecule is O=S1CCCS(=O)C1[C@@H](O)c1c(F)cccc1F. The van der Waals surface area contributed by atoms with Gasteiger partial charge in [0.25, 0.3) is 0 Å². The van der Waals surface area contributed by atoms with Gasteiger partial charge in [0.05, 0.1) is 5.56 Å². The number of hydrogen-bond donors (Lipinski definition) is 1. The molecule has 0 radical (unpaired) electrons. The van der Waals surface area contributed by atoms with Crippen LogP contribution in [0.15, 0.2) is 18.2 Å². The van der Waals surface area contributed by atoms with E-state index in [2.05, 4.69) is 0 Å². The summed E-state index contributed by atoms with van der Waals surface area (Å²) in [6.45, 7) is 0. The van der Waals surface area contributed by atoms with E-state index in [1.165, 1.54) is 6.07 Å². The van der Waals surface area contributed by atoms with Crippen LogP contribution >= 0.6 is 0 Å². The molecule has 1 aromatic rings. The van der Waals surface area contributed by atoms with Crippen molar-refractivity contribution in [2.75, 3.05) is 11.5 Å². The maximum atomic E-state index is 13.5. The summed E-state index contributed by atoms with van der Waals surface area (Å²) >= 11 is 0. The van der Waals surface area contributed by atoms with Crippen LogP contribution in [0.2, 0.25) is 0 Å². The van der Waals surface area contributed by atoms with Gasteiger partial charge >= 0.3 is 0 Å². The molecule has 0 saturated carbocycles. The number of rotatable bonds is 2. The molecule has 2 rings (SSSR count). The Kier molecular flexibility index (Phi) is 4.24. The van der Waals surface area contributed by atoms with Gasteiger partial charge in [0.15, 0.2) is 0 Å². The zero-order chi connectivity index (χ0) is 13.3. The molecule has 0 aliphatic carbocycles. The molecule has 1 aromatic carbocycles. The van der Waals surface area contributed by atoms with Gasteiger partial charge in [-0.15, -0.1) is 0 Å². The molecule has 100 valence electrons. The van der Waals surface area contributed by atoms with Gasteiger partial charge in [0, 0.05) is 33.1 Å². The van der Waals surface area contributed by atoms with Crippen LogP contribution in [-0.2, 0) is 21.6 Å². The Bertz CT molecular complexity index is 471. The third-order valence-corrected chi connectivity index (χ3v) is 6.98. The van der Waals surface area contributed by atoms with Crippen molar-refractivity contribution in [3.05, 3.63) is 35.4 Å². The van der Waals surface area contributed by atoms with Crippen LogP contribution in [0.3, 0.4) is 0 Å². The molecule has 1 aliphatic rings. The fraction of sp³-hybridized carbons (Fsp3) is 0.455. The summed E-state index contributed by atoms with van der Waals surface area (Å²) in [6.07, 6.45) is -1.12. The minimum absolute atomic E-state index is 0.295. The van der Waals surface area contributed by atoms with Crippen molar-refractivity contribution in [2.24, 2.45) is 0 Å². The van der Waals surface area contributed by atoms with Crippen LogP contribution in [0.1, 0.15) is 18.1 Å². The number of aliphatic hydroxyl groups excluding tert-OH is 1. The number of aliphatic hydroxyl groups is 1. The van der Waals surface area contributed by atoms with Crippen LogP contribution in [0.25, 0.3) is 0 Å². The molecule has 0 spiro atoms. The summed E-state index contributed by atoms with van der Waals surface area (Å²) in [5.41, 5.74) is -0.550. The molecule has 0 amide bonds. The van der Waals surface area contributed by atoms with Gasteiger partial charge in [-0.1, -0.05) is 6.07 Å². The Morgan fingerprint density at radius 1 is 1.17 bits per heavy atom. The van der Waals surface area contributed by atoms with Gasteiger partial charge in [-0.05, 0) is 18.6 Å². The molecule has 1 N–H and O–H groups in total. The van der Waals surface area contributed by atoms with E-state index in [1.807, 2.05) is 0 Å². The Morgan fingerprint density at radius 2 is 1.67 bits per heavy atom. The first kappa shape index (κ1) is 13.8. The van der Waals surface area contributed by atoms with Gasteiger partial charge in [0.1, 0.15) is 22.3 Å². The lowest BCUT2D eigenvalue weighted by atomic mass is 10.1. The zero-order valence-electron chi connectivity index (χ0n) is 9.34. The van der Waals surface area contributed by atoms with Crippen molar-refractivity contribution in [3.8, 4) is 0 Å². The van der Waals surface area contributed by atoms with Gasteiger partial charge in [-0.2, -0.15) is 0 Å². The highest BCUT2D eigenvalue weighted by molar-refractivity contribution is 8.03. The highest BCUT2D eigenvalue weighted by Gasteiger charge is 2.37. The lowest BCUT2D eigenvalue weighted by Gasteiger charge is -2.26. The Balaban J connectivity index is 2.38. The molecule has 1 saturated heterocycles. The lowest BCUT2D eigenvalue weighted by Crippen LogP contribution is -2.36. The van der Waals surface area contributed by atoms with Crippen molar-refractivity contribution in [1.82, 2.24) is 0 Å². The fourth-order valence-corrected chi connectivity index (χ4v) is 5.80. The van der Waals surface area contributed by atoms with Gasteiger partial charge in [-0.3, -0.25) is 8.42 Å². The Labute approximate surface area is 108 Å². The van der Waals surface area contributed by atoms with E-state index >= 15 is 0 Å². The van der Waals surface area contributed by atoms with E-state index in [-0.39, 0.29) is 0 Å². The third kappa shape index (κ3) is 2.53. The van der Waals surface area contributed by atoms with Crippen molar-refractivity contribution in [1.29, 1.82) is 0 Å². The van der Waals surface area contributed by atoms with Gasteiger partial charge in [-0.25, -0.2) is 8.78 Å². The van der Waals surface area contributed by atoms with Crippen molar-refractivity contribution in [3.63, 3.8) is 0 Å². The van der Waals surface area contributed by atoms with E-state index in [1.54, 1.807) is 0 Å². The first-order chi connectivity index (χ1) is 8.52. The van der Waals surface area contributed by atoms with Crippen molar-refractivity contribution >= 4 is 21.6 Å². The molecular weight excluding hydrogens is 282 g/mol. The van der Waals surface area contributed by atoms with E-state index in [9.17, 15) is 22.3 Å². The molecule has 7 heteroatoms. The fourth-order valence-electron chi connectivity index (χ4n) is 1.91. The maximum absolute atomic E-state index is 13.5. The standard InChI is InChI=1S/C11H12F2O3S2/c12-7-3-1-4-8(13)9(7)10(14)11-17(15)5-2-6-18(11)16/h1,3-4,10-11,14H,2,5-6H2/t10-,11?,17?,18?/m0/s1. The number of halogens is 2. The van der Waals surface area contributed by atoms with Gasteiger partial charge < -0.3 is 5.11 Å². The highest BCUT2D eigenvalue weighted by Crippen LogP contribution is 2.30. The van der Waals surface area contributed by atoms with Crippen LogP contribution in [-0.4, -0.2) is 29.6 Å². The van der Waals surface area contributed by atoms with Crippen molar-refractivity contribution < 1.29 is 22.3 Å². The smallest absolute Gasteiger partial charge is 0.140 e. The van der Waals surface area contributed by atoms with Gasteiger partial charge in [0.2, 0.25) is 0 Å². The molecule has 0 bridgehead atoms. The second kappa shape index (κ2) is 5.54. The summed E-state index contributed by atoms with van der Waals surface area (Å²) in [6, 6.07) is 3.20. The maximum Gasteiger partial charge on any atom is 0.140 e. The first-order valence-corrected chi connectivity index (χ1v) is 8.15. The van der Waals surface area contributed by atoms with Crippen LogP contribution in [0, 0.1) is 11.6 Å². The van der Waals surface area contributed by atoms with E-state index in [0.29, 0.717) is 17.9 Å². The molecule has 3 atom stereocenters. The molecular formula is C11H12F2O3S2. The number of hydrogen-bond acceptors (Lipinski definition) is 3. The summed E-state index contributed by atoms with van der Waals surface area (Å²) in [7, 11) is -3.08. The van der Waals surface area contributed by atoms with Crippen LogP contribution < -0.4 is 0 Å². The predicted octanol–water partition coefficient (Wildman–Crippen LogP) is 1.23. The van der Waals surface area contributed by atoms with Crippen molar-refractivity contribution in [2.45, 2.75) is 17.1 Å². The highest BCUT2D eigenvalue weighted by atomic mass is 32.2. The second-order valence-electron chi connectivity index (χ2n) is 3.97. The average Bonchev–Trinajstić information content (AvgIpc) is 2.28. The molecule has 18 heavy (non-hydrogen) atoms. The summed E-state index contributed by atoms with van der Waals surface area (Å²) in [4.78, 5) is 0. The quantitative estimate of drug-likeness (QED) is 0.892. The van der Waals surface area contributed by atoms with E-state index in [0.717, 1.165) is 12.1 Å². The molecule has 2 unspecified atom stereocenters. The van der Waals surface area contributed by atoms with Crippen LogP contribution in [0.5, 0.6) is 0 Å².